The van der Waals surface area contributed by atoms with Crippen molar-refractivity contribution in [3.8, 4) is 0 Å². The Morgan fingerprint density at radius 1 is 1.57 bits per heavy atom. The Morgan fingerprint density at radius 3 is 2.93 bits per heavy atom. The Labute approximate surface area is 82.3 Å². The van der Waals surface area contributed by atoms with Crippen molar-refractivity contribution in [1.29, 1.82) is 0 Å². The monoisotopic (exact) mass is 192 g/mol. The maximum Gasteiger partial charge on any atom is 0.129 e. The maximum absolute atomic E-state index is 13.7. The molecule has 1 heterocycles. The lowest BCUT2D eigenvalue weighted by atomic mass is 9.95. The van der Waals surface area contributed by atoms with Gasteiger partial charge in [0.05, 0.1) is 0 Å². The van der Waals surface area contributed by atoms with Gasteiger partial charge in [-0.25, -0.2) is 4.39 Å². The molecule has 0 amide bonds. The predicted octanol–water partition coefficient (Wildman–Crippen LogP) is 1.53. The van der Waals surface area contributed by atoms with Crippen molar-refractivity contribution in [1.82, 2.24) is 0 Å². The van der Waals surface area contributed by atoms with E-state index >= 15 is 0 Å². The fourth-order valence-electron chi connectivity index (χ4n) is 2.55. The van der Waals surface area contributed by atoms with E-state index in [1.807, 2.05) is 13.0 Å². The van der Waals surface area contributed by atoms with Gasteiger partial charge in [-0.1, -0.05) is 6.07 Å². The molecule has 3 heteroatoms. The van der Waals surface area contributed by atoms with Crippen LogP contribution in [0.2, 0.25) is 0 Å². The van der Waals surface area contributed by atoms with Crippen LogP contribution in [0, 0.1) is 12.7 Å². The van der Waals surface area contributed by atoms with E-state index in [9.17, 15) is 4.39 Å². The second-order valence-electron chi connectivity index (χ2n) is 4.43. The number of halogens is 1. The minimum Gasteiger partial charge on any atom is -0.384 e. The molecule has 1 aromatic carbocycles. The van der Waals surface area contributed by atoms with E-state index in [-0.39, 0.29) is 17.3 Å². The Kier molecular flexibility index (Phi) is 1.34. The number of rotatable bonds is 0. The molecule has 2 nitrogen and oxygen atoms in total. The van der Waals surface area contributed by atoms with Crippen LogP contribution in [0.5, 0.6) is 0 Å². The van der Waals surface area contributed by atoms with Crippen LogP contribution in [-0.4, -0.2) is 12.6 Å². The van der Waals surface area contributed by atoms with Crippen LogP contribution in [-0.2, 0) is 5.41 Å². The van der Waals surface area contributed by atoms with Gasteiger partial charge in [-0.2, -0.15) is 0 Å². The van der Waals surface area contributed by atoms with E-state index in [0.29, 0.717) is 0 Å². The second kappa shape index (κ2) is 2.28. The molecule has 2 atom stereocenters. The lowest BCUT2D eigenvalue weighted by Gasteiger charge is -2.09. The molecule has 14 heavy (non-hydrogen) atoms. The quantitative estimate of drug-likeness (QED) is 0.654. The highest BCUT2D eigenvalue weighted by atomic mass is 19.1. The molecular formula is C11H13FN2. The molecule has 1 aliphatic heterocycles. The number of hydrogen-bond donors (Lipinski definition) is 2. The zero-order valence-electron chi connectivity index (χ0n) is 8.10. The van der Waals surface area contributed by atoms with Gasteiger partial charge in [-0.15, -0.1) is 0 Å². The summed E-state index contributed by atoms with van der Waals surface area (Å²) in [5, 5.41) is 3.27. The molecule has 1 spiro atoms. The van der Waals surface area contributed by atoms with Crippen molar-refractivity contribution in [2.75, 3.05) is 11.9 Å². The smallest absolute Gasteiger partial charge is 0.129 e. The van der Waals surface area contributed by atoms with E-state index in [1.165, 1.54) is 0 Å². The molecule has 1 aromatic rings. The molecule has 3 rings (SSSR count). The first kappa shape index (κ1) is 8.24. The first-order chi connectivity index (χ1) is 6.65. The number of fused-ring (bicyclic) bond motifs is 2. The summed E-state index contributed by atoms with van der Waals surface area (Å²) in [4.78, 5) is 0. The maximum atomic E-state index is 13.7. The van der Waals surface area contributed by atoms with Gasteiger partial charge < -0.3 is 11.1 Å². The lowest BCUT2D eigenvalue weighted by molar-refractivity contribution is 0.585. The highest BCUT2D eigenvalue weighted by Gasteiger charge is 2.58. The topological polar surface area (TPSA) is 38.0 Å². The minimum atomic E-state index is -0.108. The molecule has 1 aliphatic carbocycles. The molecule has 3 N–H and O–H groups in total. The van der Waals surface area contributed by atoms with Crippen LogP contribution in [0.15, 0.2) is 12.1 Å². The van der Waals surface area contributed by atoms with Gasteiger partial charge in [-0.05, 0) is 25.0 Å². The number of nitrogens with two attached hydrogens (primary N) is 1. The highest BCUT2D eigenvalue weighted by Crippen LogP contribution is 2.54. The van der Waals surface area contributed by atoms with Crippen molar-refractivity contribution in [3.63, 3.8) is 0 Å². The molecule has 0 aromatic heterocycles. The number of benzene rings is 1. The van der Waals surface area contributed by atoms with Crippen LogP contribution in [0.25, 0.3) is 0 Å². The summed E-state index contributed by atoms with van der Waals surface area (Å²) in [6.45, 7) is 2.80. The molecular weight excluding hydrogens is 179 g/mol. The van der Waals surface area contributed by atoms with Crippen LogP contribution >= 0.6 is 0 Å². The van der Waals surface area contributed by atoms with Crippen molar-refractivity contribution in [2.24, 2.45) is 5.73 Å². The second-order valence-corrected chi connectivity index (χ2v) is 4.43. The van der Waals surface area contributed by atoms with Crippen molar-refractivity contribution < 1.29 is 4.39 Å². The van der Waals surface area contributed by atoms with Crippen molar-refractivity contribution in [2.45, 2.75) is 24.8 Å². The fraction of sp³-hybridized carbons (Fsp3) is 0.455. The Morgan fingerprint density at radius 2 is 2.29 bits per heavy atom. The zero-order chi connectivity index (χ0) is 9.92. The predicted molar refractivity (Wildman–Crippen MR) is 53.9 cm³/mol. The summed E-state index contributed by atoms with van der Waals surface area (Å²) in [6, 6.07) is 3.50. The van der Waals surface area contributed by atoms with Crippen LogP contribution < -0.4 is 11.1 Å². The summed E-state index contributed by atoms with van der Waals surface area (Å²) in [5.74, 6) is -0.108. The first-order valence-corrected chi connectivity index (χ1v) is 4.94. The van der Waals surface area contributed by atoms with E-state index < -0.39 is 0 Å². The largest absolute Gasteiger partial charge is 0.384 e. The first-order valence-electron chi connectivity index (χ1n) is 4.94. The van der Waals surface area contributed by atoms with E-state index in [0.717, 1.165) is 29.8 Å². The van der Waals surface area contributed by atoms with E-state index in [1.54, 1.807) is 6.07 Å². The Balaban J connectivity index is 2.24. The standard InChI is InChI=1S/C11H13FN2/c1-6-2-3-7(12)9-10(6)14-5-11(9)4-8(11)13/h2-3,8,14H,4-5,13H2,1H3. The molecule has 2 aliphatic rings. The molecule has 0 saturated heterocycles. The third-order valence-corrected chi connectivity index (χ3v) is 3.58. The van der Waals surface area contributed by atoms with Gasteiger partial charge in [0.1, 0.15) is 5.82 Å². The Bertz CT molecular complexity index is 416. The van der Waals surface area contributed by atoms with Gasteiger partial charge >= 0.3 is 0 Å². The highest BCUT2D eigenvalue weighted by molar-refractivity contribution is 5.68. The summed E-state index contributed by atoms with van der Waals surface area (Å²) >= 11 is 0. The number of aryl methyl sites for hydroxylation is 1. The van der Waals surface area contributed by atoms with Gasteiger partial charge in [0.2, 0.25) is 0 Å². The van der Waals surface area contributed by atoms with Crippen molar-refractivity contribution in [3.05, 3.63) is 29.1 Å². The lowest BCUT2D eigenvalue weighted by Crippen LogP contribution is -2.21. The van der Waals surface area contributed by atoms with Gasteiger partial charge in [0, 0.05) is 29.3 Å². The van der Waals surface area contributed by atoms with Crippen LogP contribution in [0.4, 0.5) is 10.1 Å². The van der Waals surface area contributed by atoms with Gasteiger partial charge in [0.15, 0.2) is 0 Å². The third kappa shape index (κ3) is 0.786. The number of anilines is 1. The summed E-state index contributed by atoms with van der Waals surface area (Å²) in [5.41, 5.74) is 8.70. The summed E-state index contributed by atoms with van der Waals surface area (Å²) in [6.07, 6.45) is 0.910. The molecule has 1 saturated carbocycles. The summed E-state index contributed by atoms with van der Waals surface area (Å²) < 4.78 is 13.7. The fourth-order valence-corrected chi connectivity index (χ4v) is 2.55. The normalized spacial score (nSPS) is 32.9. The number of nitrogens with one attached hydrogen (secondary N) is 1. The summed E-state index contributed by atoms with van der Waals surface area (Å²) in [7, 11) is 0. The van der Waals surface area contributed by atoms with Gasteiger partial charge in [-0.3, -0.25) is 0 Å². The van der Waals surface area contributed by atoms with Crippen molar-refractivity contribution >= 4 is 5.69 Å². The molecule has 0 radical (unpaired) electrons. The van der Waals surface area contributed by atoms with E-state index in [4.69, 9.17) is 5.73 Å². The van der Waals surface area contributed by atoms with Crippen LogP contribution in [0.1, 0.15) is 17.5 Å². The molecule has 2 unspecified atom stereocenters. The molecule has 74 valence electrons. The van der Waals surface area contributed by atoms with E-state index in [2.05, 4.69) is 5.32 Å². The SMILES string of the molecule is Cc1ccc(F)c2c1NCC21CC1N. The van der Waals surface area contributed by atoms with Gasteiger partial charge in [0.25, 0.3) is 0 Å². The Hall–Kier alpha value is -1.09. The minimum absolute atomic E-state index is 0.0918. The molecule has 0 bridgehead atoms. The molecule has 1 fully saturated rings. The zero-order valence-corrected chi connectivity index (χ0v) is 8.10. The average Bonchev–Trinajstić information content (AvgIpc) is 2.60. The third-order valence-electron chi connectivity index (χ3n) is 3.58. The number of hydrogen-bond acceptors (Lipinski definition) is 2. The average molecular weight is 192 g/mol. The van der Waals surface area contributed by atoms with Crippen LogP contribution in [0.3, 0.4) is 0 Å².